The van der Waals surface area contributed by atoms with Gasteiger partial charge >= 0.3 is 0 Å². The van der Waals surface area contributed by atoms with Crippen molar-refractivity contribution in [1.29, 1.82) is 0 Å². The second-order valence-corrected chi connectivity index (χ2v) is 5.11. The summed E-state index contributed by atoms with van der Waals surface area (Å²) in [6.45, 7) is 5.75. The smallest absolute Gasteiger partial charge is 0.133 e. The van der Waals surface area contributed by atoms with E-state index in [-0.39, 0.29) is 12.6 Å². The Morgan fingerprint density at radius 3 is 2.89 bits per heavy atom. The average molecular weight is 249 g/mol. The minimum atomic E-state index is 0.192. The van der Waals surface area contributed by atoms with Gasteiger partial charge in [-0.15, -0.1) is 0 Å². The zero-order valence-corrected chi connectivity index (χ0v) is 11.3. The van der Waals surface area contributed by atoms with E-state index in [0.29, 0.717) is 6.54 Å². The standard InChI is InChI=1S/C14H23N3O/c1-10-7-11(2)16-14(13(10)8-15)17-6-4-3-5-12(17)9-18/h7,12,18H,3-6,8-9,15H2,1-2H3. The van der Waals surface area contributed by atoms with Crippen molar-refractivity contribution in [3.05, 3.63) is 22.9 Å². The number of piperidine rings is 1. The van der Waals surface area contributed by atoms with Crippen molar-refractivity contribution in [2.24, 2.45) is 5.73 Å². The maximum Gasteiger partial charge on any atom is 0.133 e. The molecule has 3 N–H and O–H groups in total. The molecule has 2 rings (SSSR count). The maximum atomic E-state index is 9.52. The molecule has 4 heteroatoms. The number of hydrogen-bond acceptors (Lipinski definition) is 4. The minimum Gasteiger partial charge on any atom is -0.394 e. The van der Waals surface area contributed by atoms with Crippen LogP contribution in [-0.2, 0) is 6.54 Å². The van der Waals surface area contributed by atoms with E-state index in [1.807, 2.05) is 6.92 Å². The van der Waals surface area contributed by atoms with Gasteiger partial charge in [-0.05, 0) is 44.7 Å². The van der Waals surface area contributed by atoms with E-state index in [1.54, 1.807) is 0 Å². The Bertz CT molecular complexity index is 420. The molecule has 100 valence electrons. The number of rotatable bonds is 3. The van der Waals surface area contributed by atoms with Gasteiger partial charge in [0.1, 0.15) is 5.82 Å². The summed E-state index contributed by atoms with van der Waals surface area (Å²) in [5.74, 6) is 0.980. The fourth-order valence-corrected chi connectivity index (χ4v) is 2.80. The molecule has 2 heterocycles. The highest BCUT2D eigenvalue weighted by molar-refractivity contribution is 5.52. The fraction of sp³-hybridized carbons (Fsp3) is 0.643. The largest absolute Gasteiger partial charge is 0.394 e. The van der Waals surface area contributed by atoms with Crippen molar-refractivity contribution in [3.8, 4) is 0 Å². The van der Waals surface area contributed by atoms with Gasteiger partial charge in [0, 0.05) is 24.3 Å². The van der Waals surface area contributed by atoms with E-state index in [1.165, 1.54) is 12.0 Å². The van der Waals surface area contributed by atoms with Gasteiger partial charge in [0.15, 0.2) is 0 Å². The van der Waals surface area contributed by atoms with Gasteiger partial charge in [0.2, 0.25) is 0 Å². The van der Waals surface area contributed by atoms with Crippen molar-refractivity contribution < 1.29 is 5.11 Å². The number of pyridine rings is 1. The molecule has 0 spiro atoms. The van der Waals surface area contributed by atoms with Crippen LogP contribution in [0.3, 0.4) is 0 Å². The van der Waals surface area contributed by atoms with Crippen LogP contribution in [0, 0.1) is 13.8 Å². The number of aliphatic hydroxyl groups excluding tert-OH is 1. The summed E-state index contributed by atoms with van der Waals surface area (Å²) in [5.41, 5.74) is 9.19. The lowest BCUT2D eigenvalue weighted by atomic mass is 10.0. The van der Waals surface area contributed by atoms with Gasteiger partial charge in [-0.2, -0.15) is 0 Å². The second-order valence-electron chi connectivity index (χ2n) is 5.11. The molecule has 1 atom stereocenters. The predicted molar refractivity (Wildman–Crippen MR) is 73.7 cm³/mol. The molecule has 4 nitrogen and oxygen atoms in total. The highest BCUT2D eigenvalue weighted by atomic mass is 16.3. The van der Waals surface area contributed by atoms with Gasteiger partial charge in [-0.1, -0.05) is 0 Å². The van der Waals surface area contributed by atoms with Crippen molar-refractivity contribution in [3.63, 3.8) is 0 Å². The average Bonchev–Trinajstić information content (AvgIpc) is 2.38. The van der Waals surface area contributed by atoms with Crippen molar-refractivity contribution in [1.82, 2.24) is 4.98 Å². The second kappa shape index (κ2) is 5.67. The Hall–Kier alpha value is -1.13. The highest BCUT2D eigenvalue weighted by Crippen LogP contribution is 2.28. The van der Waals surface area contributed by atoms with Gasteiger partial charge in [-0.25, -0.2) is 4.98 Å². The number of aryl methyl sites for hydroxylation is 2. The predicted octanol–water partition coefficient (Wildman–Crippen LogP) is 1.51. The first-order chi connectivity index (χ1) is 8.67. The molecule has 1 aliphatic heterocycles. The summed E-state index contributed by atoms with van der Waals surface area (Å²) in [6.07, 6.45) is 3.38. The van der Waals surface area contributed by atoms with Crippen molar-refractivity contribution in [2.45, 2.75) is 45.7 Å². The zero-order valence-electron chi connectivity index (χ0n) is 11.3. The molecule has 1 unspecified atom stereocenters. The van der Waals surface area contributed by atoms with E-state index < -0.39 is 0 Å². The van der Waals surface area contributed by atoms with Crippen LogP contribution in [0.15, 0.2) is 6.07 Å². The van der Waals surface area contributed by atoms with Crippen LogP contribution in [0.4, 0.5) is 5.82 Å². The third-order valence-electron chi connectivity index (χ3n) is 3.77. The molecule has 0 radical (unpaired) electrons. The maximum absolute atomic E-state index is 9.52. The molecular formula is C14H23N3O. The summed E-state index contributed by atoms with van der Waals surface area (Å²) >= 11 is 0. The van der Waals surface area contributed by atoms with E-state index in [9.17, 15) is 5.11 Å². The Labute approximate surface area is 109 Å². The first kappa shape index (κ1) is 13.3. The molecule has 1 aromatic rings. The Balaban J connectivity index is 2.41. The van der Waals surface area contributed by atoms with Gasteiger partial charge in [0.05, 0.1) is 12.6 Å². The molecule has 0 amide bonds. The zero-order chi connectivity index (χ0) is 13.1. The van der Waals surface area contributed by atoms with E-state index in [0.717, 1.165) is 36.5 Å². The highest BCUT2D eigenvalue weighted by Gasteiger charge is 2.25. The molecule has 18 heavy (non-hydrogen) atoms. The molecular weight excluding hydrogens is 226 g/mol. The van der Waals surface area contributed by atoms with Crippen LogP contribution in [0.1, 0.15) is 36.1 Å². The van der Waals surface area contributed by atoms with Crippen LogP contribution in [-0.4, -0.2) is 29.3 Å². The minimum absolute atomic E-state index is 0.192. The van der Waals surface area contributed by atoms with Crippen LogP contribution in [0.25, 0.3) is 0 Å². The summed E-state index contributed by atoms with van der Waals surface area (Å²) in [5, 5.41) is 9.52. The summed E-state index contributed by atoms with van der Waals surface area (Å²) in [4.78, 5) is 6.90. The van der Waals surface area contributed by atoms with Crippen LogP contribution >= 0.6 is 0 Å². The number of aliphatic hydroxyl groups is 1. The fourth-order valence-electron chi connectivity index (χ4n) is 2.80. The third-order valence-corrected chi connectivity index (χ3v) is 3.77. The van der Waals surface area contributed by atoms with Gasteiger partial charge < -0.3 is 15.7 Å². The normalized spacial score (nSPS) is 20.2. The molecule has 0 aliphatic carbocycles. The number of nitrogens with two attached hydrogens (primary N) is 1. The molecule has 1 fully saturated rings. The van der Waals surface area contributed by atoms with Crippen LogP contribution in [0.5, 0.6) is 0 Å². The van der Waals surface area contributed by atoms with E-state index >= 15 is 0 Å². The van der Waals surface area contributed by atoms with Crippen LogP contribution < -0.4 is 10.6 Å². The summed E-state index contributed by atoms with van der Waals surface area (Å²) in [6, 6.07) is 2.27. The lowest BCUT2D eigenvalue weighted by Gasteiger charge is -2.37. The number of anilines is 1. The molecule has 0 saturated carbocycles. The molecule has 1 aliphatic rings. The lowest BCUT2D eigenvalue weighted by molar-refractivity contribution is 0.239. The SMILES string of the molecule is Cc1cc(C)c(CN)c(N2CCCCC2CO)n1. The molecule has 0 bridgehead atoms. The van der Waals surface area contributed by atoms with Gasteiger partial charge in [0.25, 0.3) is 0 Å². The first-order valence-corrected chi connectivity index (χ1v) is 6.72. The monoisotopic (exact) mass is 249 g/mol. The Morgan fingerprint density at radius 2 is 2.22 bits per heavy atom. The van der Waals surface area contributed by atoms with Crippen molar-refractivity contribution in [2.75, 3.05) is 18.1 Å². The Morgan fingerprint density at radius 1 is 1.44 bits per heavy atom. The molecule has 1 aromatic heterocycles. The topological polar surface area (TPSA) is 62.4 Å². The van der Waals surface area contributed by atoms with Crippen LogP contribution in [0.2, 0.25) is 0 Å². The quantitative estimate of drug-likeness (QED) is 0.852. The Kier molecular flexibility index (Phi) is 4.19. The van der Waals surface area contributed by atoms with Gasteiger partial charge in [-0.3, -0.25) is 0 Å². The first-order valence-electron chi connectivity index (χ1n) is 6.72. The number of hydrogen-bond donors (Lipinski definition) is 2. The molecule has 1 saturated heterocycles. The molecule has 0 aromatic carbocycles. The third kappa shape index (κ3) is 2.49. The van der Waals surface area contributed by atoms with E-state index in [2.05, 4.69) is 22.9 Å². The summed E-state index contributed by atoms with van der Waals surface area (Å²) in [7, 11) is 0. The van der Waals surface area contributed by atoms with Crippen molar-refractivity contribution >= 4 is 5.82 Å². The van der Waals surface area contributed by atoms with E-state index in [4.69, 9.17) is 5.73 Å². The number of aromatic nitrogens is 1. The summed E-state index contributed by atoms with van der Waals surface area (Å²) < 4.78 is 0. The lowest BCUT2D eigenvalue weighted by Crippen LogP contribution is -2.43. The number of nitrogens with zero attached hydrogens (tertiary/aromatic N) is 2.